The molecule has 96 valence electrons. The highest BCUT2D eigenvalue weighted by molar-refractivity contribution is 6.42. The summed E-state index contributed by atoms with van der Waals surface area (Å²) in [5, 5.41) is 9.97. The number of hydrogen-bond acceptors (Lipinski definition) is 2. The van der Waals surface area contributed by atoms with E-state index >= 15 is 0 Å². The summed E-state index contributed by atoms with van der Waals surface area (Å²) in [4.78, 5) is 15.4. The van der Waals surface area contributed by atoms with Crippen LogP contribution in [0.15, 0.2) is 42.6 Å². The van der Waals surface area contributed by atoms with E-state index in [2.05, 4.69) is 4.98 Å². The van der Waals surface area contributed by atoms with Gasteiger partial charge in [-0.05, 0) is 35.9 Å². The third-order valence-corrected chi connectivity index (χ3v) is 3.18. The van der Waals surface area contributed by atoms with Crippen LogP contribution in [0.1, 0.15) is 11.3 Å². The molecule has 0 saturated heterocycles. The Morgan fingerprint density at radius 1 is 1.16 bits per heavy atom. The smallest absolute Gasteiger partial charge is 0.336 e. The zero-order chi connectivity index (χ0) is 13.8. The molecule has 0 unspecified atom stereocenters. The lowest BCUT2D eigenvalue weighted by atomic mass is 10.0. The molecule has 1 heterocycles. The van der Waals surface area contributed by atoms with Crippen LogP contribution in [0.25, 0.3) is 11.6 Å². The number of carbonyl (C=O) groups is 1. The normalized spacial score (nSPS) is 11.4. The van der Waals surface area contributed by atoms with Gasteiger partial charge in [0.25, 0.3) is 0 Å². The number of nitrogens with zero attached hydrogens (tertiary/aromatic N) is 1. The fraction of sp³-hybridized carbons (Fsp3) is 0. The molecule has 2 rings (SSSR count). The fourth-order valence-electron chi connectivity index (χ4n) is 1.54. The quantitative estimate of drug-likeness (QED) is 0.870. The maximum atomic E-state index is 11.3. The van der Waals surface area contributed by atoms with E-state index in [0.717, 1.165) is 0 Å². The minimum Gasteiger partial charge on any atom is -0.478 e. The zero-order valence-electron chi connectivity index (χ0n) is 9.68. The molecule has 0 aliphatic carbocycles. The molecule has 0 fully saturated rings. The van der Waals surface area contributed by atoms with E-state index in [9.17, 15) is 9.90 Å². The van der Waals surface area contributed by atoms with Gasteiger partial charge in [-0.15, -0.1) is 0 Å². The molecule has 0 saturated carbocycles. The number of aromatic nitrogens is 1. The van der Waals surface area contributed by atoms with Crippen LogP contribution in [-0.4, -0.2) is 16.1 Å². The molecule has 2 aromatic rings. The van der Waals surface area contributed by atoms with Gasteiger partial charge >= 0.3 is 5.97 Å². The maximum absolute atomic E-state index is 11.3. The first kappa shape index (κ1) is 13.6. The summed E-state index contributed by atoms with van der Waals surface area (Å²) in [7, 11) is 0. The zero-order valence-corrected chi connectivity index (χ0v) is 11.2. The van der Waals surface area contributed by atoms with E-state index in [1.807, 2.05) is 0 Å². The van der Waals surface area contributed by atoms with Crippen molar-refractivity contribution in [3.05, 3.63) is 63.9 Å². The molecule has 1 aromatic carbocycles. The highest BCUT2D eigenvalue weighted by atomic mass is 35.5. The summed E-state index contributed by atoms with van der Waals surface area (Å²) in [5.41, 5.74) is 1.15. The standard InChI is InChI=1S/C14H9Cl2NO2/c15-12-5-4-9(7-13(12)16)11(14(18)19)8-10-3-1-2-6-17-10/h1-8H,(H,18,19)/b11-8-. The number of carboxylic acids is 1. The largest absolute Gasteiger partial charge is 0.478 e. The third-order valence-electron chi connectivity index (χ3n) is 2.44. The minimum atomic E-state index is -1.05. The van der Waals surface area contributed by atoms with Crippen LogP contribution >= 0.6 is 23.2 Å². The summed E-state index contributed by atoms with van der Waals surface area (Å²) in [5.74, 6) is -1.05. The van der Waals surface area contributed by atoms with Gasteiger partial charge in [0, 0.05) is 6.20 Å². The van der Waals surface area contributed by atoms with Crippen molar-refractivity contribution in [2.75, 3.05) is 0 Å². The summed E-state index contributed by atoms with van der Waals surface area (Å²) in [6, 6.07) is 9.96. The Kier molecular flexibility index (Phi) is 4.20. The van der Waals surface area contributed by atoms with Gasteiger partial charge in [0.05, 0.1) is 21.3 Å². The van der Waals surface area contributed by atoms with E-state index in [0.29, 0.717) is 21.3 Å². The summed E-state index contributed by atoms with van der Waals surface area (Å²) >= 11 is 11.7. The van der Waals surface area contributed by atoms with Crippen LogP contribution in [0.4, 0.5) is 0 Å². The van der Waals surface area contributed by atoms with Crippen molar-refractivity contribution in [2.45, 2.75) is 0 Å². The second-order valence-corrected chi connectivity index (χ2v) is 4.56. The van der Waals surface area contributed by atoms with Crippen molar-refractivity contribution in [3.8, 4) is 0 Å². The van der Waals surface area contributed by atoms with Crippen LogP contribution in [0.5, 0.6) is 0 Å². The Hall–Kier alpha value is -1.84. The van der Waals surface area contributed by atoms with Gasteiger partial charge in [0.1, 0.15) is 0 Å². The number of benzene rings is 1. The van der Waals surface area contributed by atoms with Crippen LogP contribution in [0.2, 0.25) is 10.0 Å². The number of halogens is 2. The first-order chi connectivity index (χ1) is 9.08. The molecule has 1 N–H and O–H groups in total. The third kappa shape index (κ3) is 3.34. The molecule has 0 bridgehead atoms. The Labute approximate surface area is 120 Å². The molecule has 0 amide bonds. The van der Waals surface area contributed by atoms with Gasteiger partial charge in [-0.3, -0.25) is 4.98 Å². The Morgan fingerprint density at radius 3 is 2.53 bits per heavy atom. The van der Waals surface area contributed by atoms with Gasteiger partial charge in [0.15, 0.2) is 0 Å². The van der Waals surface area contributed by atoms with Crippen molar-refractivity contribution in [1.29, 1.82) is 0 Å². The molecular formula is C14H9Cl2NO2. The van der Waals surface area contributed by atoms with Gasteiger partial charge < -0.3 is 5.11 Å². The van der Waals surface area contributed by atoms with E-state index in [-0.39, 0.29) is 5.57 Å². The molecular weight excluding hydrogens is 285 g/mol. The lowest BCUT2D eigenvalue weighted by molar-refractivity contribution is -0.130. The van der Waals surface area contributed by atoms with Crippen LogP contribution in [0.3, 0.4) is 0 Å². The number of rotatable bonds is 3. The monoisotopic (exact) mass is 293 g/mol. The Balaban J connectivity index is 2.49. The van der Waals surface area contributed by atoms with Gasteiger partial charge in [0.2, 0.25) is 0 Å². The highest BCUT2D eigenvalue weighted by Crippen LogP contribution is 2.27. The second-order valence-electron chi connectivity index (χ2n) is 3.75. The molecule has 19 heavy (non-hydrogen) atoms. The Bertz CT molecular complexity index is 639. The summed E-state index contributed by atoms with van der Waals surface area (Å²) < 4.78 is 0. The summed E-state index contributed by atoms with van der Waals surface area (Å²) in [6.07, 6.45) is 3.09. The highest BCUT2D eigenvalue weighted by Gasteiger charge is 2.12. The van der Waals surface area contributed by atoms with Crippen molar-refractivity contribution in [1.82, 2.24) is 4.98 Å². The molecule has 0 aliphatic heterocycles. The number of aliphatic carboxylic acids is 1. The maximum Gasteiger partial charge on any atom is 0.336 e. The van der Waals surface area contributed by atoms with Gasteiger partial charge in [-0.25, -0.2) is 4.79 Å². The molecule has 0 spiro atoms. The van der Waals surface area contributed by atoms with Crippen molar-refractivity contribution in [3.63, 3.8) is 0 Å². The second kappa shape index (κ2) is 5.87. The topological polar surface area (TPSA) is 50.2 Å². The van der Waals surface area contributed by atoms with Crippen molar-refractivity contribution >= 4 is 40.8 Å². The average molecular weight is 294 g/mol. The van der Waals surface area contributed by atoms with Crippen LogP contribution in [-0.2, 0) is 4.79 Å². The molecule has 3 nitrogen and oxygen atoms in total. The lowest BCUT2D eigenvalue weighted by Gasteiger charge is -2.04. The minimum absolute atomic E-state index is 0.109. The Morgan fingerprint density at radius 2 is 1.95 bits per heavy atom. The SMILES string of the molecule is O=C(O)/C(=C\c1ccccn1)c1ccc(Cl)c(Cl)c1. The van der Waals surface area contributed by atoms with E-state index in [4.69, 9.17) is 23.2 Å². The van der Waals surface area contributed by atoms with Crippen molar-refractivity contribution in [2.24, 2.45) is 0 Å². The van der Waals surface area contributed by atoms with Crippen LogP contribution < -0.4 is 0 Å². The van der Waals surface area contributed by atoms with Crippen LogP contribution in [0, 0.1) is 0 Å². The van der Waals surface area contributed by atoms with E-state index < -0.39 is 5.97 Å². The predicted molar refractivity (Wildman–Crippen MR) is 76.2 cm³/mol. The summed E-state index contributed by atoms with van der Waals surface area (Å²) in [6.45, 7) is 0. The molecule has 1 aromatic heterocycles. The fourth-order valence-corrected chi connectivity index (χ4v) is 1.84. The van der Waals surface area contributed by atoms with Gasteiger partial charge in [-0.2, -0.15) is 0 Å². The number of pyridine rings is 1. The molecule has 0 radical (unpaired) electrons. The predicted octanol–water partition coefficient (Wildman–Crippen LogP) is 4.01. The molecule has 5 heteroatoms. The van der Waals surface area contributed by atoms with Gasteiger partial charge in [-0.1, -0.05) is 35.3 Å². The van der Waals surface area contributed by atoms with Crippen molar-refractivity contribution < 1.29 is 9.90 Å². The first-order valence-electron chi connectivity index (χ1n) is 5.39. The molecule has 0 atom stereocenters. The average Bonchev–Trinajstić information content (AvgIpc) is 2.40. The van der Waals surface area contributed by atoms with E-state index in [1.165, 1.54) is 12.1 Å². The lowest BCUT2D eigenvalue weighted by Crippen LogP contribution is -2.00. The van der Waals surface area contributed by atoms with E-state index in [1.54, 1.807) is 36.5 Å². The number of hydrogen-bond donors (Lipinski definition) is 1. The first-order valence-corrected chi connectivity index (χ1v) is 6.15. The molecule has 0 aliphatic rings. The number of carboxylic acid groups (broad SMARTS) is 1.